The topological polar surface area (TPSA) is 52.7 Å². The van der Waals surface area contributed by atoms with Crippen molar-refractivity contribution in [2.45, 2.75) is 45.1 Å². The first-order valence-electron chi connectivity index (χ1n) is 7.86. The molecule has 1 N–H and O–H groups in total. The molecule has 0 bridgehead atoms. The van der Waals surface area contributed by atoms with Gasteiger partial charge in [-0.2, -0.15) is 0 Å². The van der Waals surface area contributed by atoms with E-state index in [4.69, 9.17) is 0 Å². The number of nitrogens with zero attached hydrogens (tertiary/aromatic N) is 2. The lowest BCUT2D eigenvalue weighted by Crippen LogP contribution is -2.49. The van der Waals surface area contributed by atoms with Crippen molar-refractivity contribution in [3.8, 4) is 0 Å². The van der Waals surface area contributed by atoms with E-state index in [1.165, 1.54) is 0 Å². The highest BCUT2D eigenvalue weighted by atomic mass is 16.2. The summed E-state index contributed by atoms with van der Waals surface area (Å²) in [7, 11) is 1.79. The Kier molecular flexibility index (Phi) is 5.40. The van der Waals surface area contributed by atoms with Crippen molar-refractivity contribution < 1.29 is 9.59 Å². The lowest BCUT2D eigenvalue weighted by Gasteiger charge is -2.34. The van der Waals surface area contributed by atoms with Crippen LogP contribution in [0.15, 0.2) is 0 Å². The van der Waals surface area contributed by atoms with E-state index in [1.54, 1.807) is 16.8 Å². The van der Waals surface area contributed by atoms with Crippen molar-refractivity contribution >= 4 is 11.8 Å². The Morgan fingerprint density at radius 2 is 1.80 bits per heavy atom. The van der Waals surface area contributed by atoms with Crippen LogP contribution in [0.1, 0.15) is 39.0 Å². The van der Waals surface area contributed by atoms with E-state index in [0.717, 1.165) is 51.1 Å². The zero-order valence-corrected chi connectivity index (χ0v) is 12.7. The summed E-state index contributed by atoms with van der Waals surface area (Å²) in [5, 5.41) is 3.25. The fourth-order valence-corrected chi connectivity index (χ4v) is 3.13. The maximum Gasteiger partial charge on any atom is 0.312 e. The summed E-state index contributed by atoms with van der Waals surface area (Å²) >= 11 is 0. The molecule has 1 saturated carbocycles. The quantitative estimate of drug-likeness (QED) is 0.725. The molecule has 0 radical (unpaired) electrons. The Labute approximate surface area is 121 Å². The van der Waals surface area contributed by atoms with Crippen LogP contribution in [-0.4, -0.2) is 60.9 Å². The van der Waals surface area contributed by atoms with Crippen molar-refractivity contribution in [2.24, 2.45) is 5.92 Å². The zero-order chi connectivity index (χ0) is 14.5. The fourth-order valence-electron chi connectivity index (χ4n) is 3.13. The molecule has 5 nitrogen and oxygen atoms in total. The predicted octanol–water partition coefficient (Wildman–Crippen LogP) is 0.845. The first kappa shape index (κ1) is 15.3. The molecular weight excluding hydrogens is 254 g/mol. The van der Waals surface area contributed by atoms with Crippen LogP contribution in [0.3, 0.4) is 0 Å². The van der Waals surface area contributed by atoms with Crippen LogP contribution in [0.25, 0.3) is 0 Å². The Morgan fingerprint density at radius 1 is 1.10 bits per heavy atom. The summed E-state index contributed by atoms with van der Waals surface area (Å²) in [6, 6.07) is 0.243. The van der Waals surface area contributed by atoms with Gasteiger partial charge in [0.15, 0.2) is 0 Å². The fraction of sp³-hybridized carbons (Fsp3) is 0.867. The highest BCUT2D eigenvalue weighted by Crippen LogP contribution is 2.26. The molecule has 114 valence electrons. The lowest BCUT2D eigenvalue weighted by molar-refractivity contribution is -0.152. The third-order valence-electron chi connectivity index (χ3n) is 4.66. The minimum Gasteiger partial charge on any atom is -0.335 e. The van der Waals surface area contributed by atoms with Crippen molar-refractivity contribution in [1.82, 2.24) is 15.1 Å². The van der Waals surface area contributed by atoms with E-state index in [0.29, 0.717) is 13.1 Å². The molecule has 2 rings (SSSR count). The highest BCUT2D eigenvalue weighted by molar-refractivity contribution is 6.34. The van der Waals surface area contributed by atoms with E-state index in [2.05, 4.69) is 12.2 Å². The Morgan fingerprint density at radius 3 is 2.50 bits per heavy atom. The van der Waals surface area contributed by atoms with E-state index in [-0.39, 0.29) is 17.9 Å². The third kappa shape index (κ3) is 3.72. The van der Waals surface area contributed by atoms with Gasteiger partial charge in [-0.3, -0.25) is 9.59 Å². The van der Waals surface area contributed by atoms with Gasteiger partial charge < -0.3 is 15.1 Å². The second-order valence-corrected chi connectivity index (χ2v) is 6.23. The van der Waals surface area contributed by atoms with Crippen LogP contribution in [0.5, 0.6) is 0 Å². The standard InChI is InChI=1S/C15H27N3O2/c1-12-4-6-13(7-5-12)17(2)14(19)15(20)18-10-3-8-16-9-11-18/h12-13,16H,3-11H2,1-2H3. The van der Waals surface area contributed by atoms with Crippen LogP contribution < -0.4 is 5.32 Å². The summed E-state index contributed by atoms with van der Waals surface area (Å²) in [6.07, 6.45) is 5.29. The largest absolute Gasteiger partial charge is 0.335 e. The molecule has 2 aliphatic rings. The number of carbonyl (C=O) groups excluding carboxylic acids is 2. The number of hydrogen-bond acceptors (Lipinski definition) is 3. The van der Waals surface area contributed by atoms with Gasteiger partial charge in [0.1, 0.15) is 0 Å². The van der Waals surface area contributed by atoms with Gasteiger partial charge in [0, 0.05) is 32.7 Å². The number of likely N-dealkylation sites (N-methyl/N-ethyl adjacent to an activating group) is 1. The predicted molar refractivity (Wildman–Crippen MR) is 78.3 cm³/mol. The number of rotatable bonds is 1. The molecule has 1 aliphatic heterocycles. The van der Waals surface area contributed by atoms with Crippen LogP contribution in [0.2, 0.25) is 0 Å². The number of carbonyl (C=O) groups is 2. The van der Waals surface area contributed by atoms with Crippen molar-refractivity contribution in [3.63, 3.8) is 0 Å². The van der Waals surface area contributed by atoms with Gasteiger partial charge in [-0.05, 0) is 44.6 Å². The van der Waals surface area contributed by atoms with Crippen LogP contribution in [0.4, 0.5) is 0 Å². The normalized spacial score (nSPS) is 27.8. The van der Waals surface area contributed by atoms with Gasteiger partial charge in [-0.25, -0.2) is 0 Å². The first-order valence-corrected chi connectivity index (χ1v) is 7.86. The smallest absolute Gasteiger partial charge is 0.312 e. The molecule has 0 unspecified atom stereocenters. The molecule has 20 heavy (non-hydrogen) atoms. The molecule has 0 aromatic carbocycles. The Hall–Kier alpha value is -1.10. The second-order valence-electron chi connectivity index (χ2n) is 6.23. The molecule has 0 atom stereocenters. The van der Waals surface area contributed by atoms with Gasteiger partial charge >= 0.3 is 11.8 Å². The van der Waals surface area contributed by atoms with E-state index < -0.39 is 0 Å². The van der Waals surface area contributed by atoms with E-state index >= 15 is 0 Å². The van der Waals surface area contributed by atoms with Gasteiger partial charge in [-0.15, -0.1) is 0 Å². The van der Waals surface area contributed by atoms with Gasteiger partial charge in [0.25, 0.3) is 0 Å². The Bertz CT molecular complexity index is 343. The molecule has 0 aromatic rings. The maximum absolute atomic E-state index is 12.3. The number of nitrogens with one attached hydrogen (secondary N) is 1. The van der Waals surface area contributed by atoms with Crippen molar-refractivity contribution in [2.75, 3.05) is 33.2 Å². The number of amides is 2. The molecule has 1 aliphatic carbocycles. The third-order valence-corrected chi connectivity index (χ3v) is 4.66. The van der Waals surface area contributed by atoms with Crippen LogP contribution in [0, 0.1) is 5.92 Å². The summed E-state index contributed by atoms with van der Waals surface area (Å²) in [4.78, 5) is 28.0. The minimum absolute atomic E-state index is 0.243. The second kappa shape index (κ2) is 7.07. The summed E-state index contributed by atoms with van der Waals surface area (Å²) in [6.45, 7) is 5.29. The average molecular weight is 281 g/mol. The highest BCUT2D eigenvalue weighted by Gasteiger charge is 2.31. The summed E-state index contributed by atoms with van der Waals surface area (Å²) in [5.41, 5.74) is 0. The maximum atomic E-state index is 12.3. The molecule has 1 heterocycles. The first-order chi connectivity index (χ1) is 9.59. The SMILES string of the molecule is CC1CCC(N(C)C(=O)C(=O)N2CCCNCC2)CC1. The van der Waals surface area contributed by atoms with Crippen LogP contribution >= 0.6 is 0 Å². The number of hydrogen-bond donors (Lipinski definition) is 1. The monoisotopic (exact) mass is 281 g/mol. The van der Waals surface area contributed by atoms with Crippen molar-refractivity contribution in [3.05, 3.63) is 0 Å². The van der Waals surface area contributed by atoms with Gasteiger partial charge in [0.2, 0.25) is 0 Å². The molecule has 5 heteroatoms. The molecule has 2 amide bonds. The van der Waals surface area contributed by atoms with E-state index in [9.17, 15) is 9.59 Å². The molecular formula is C15H27N3O2. The zero-order valence-electron chi connectivity index (χ0n) is 12.7. The average Bonchev–Trinajstić information content (AvgIpc) is 2.75. The van der Waals surface area contributed by atoms with Gasteiger partial charge in [-0.1, -0.05) is 6.92 Å². The van der Waals surface area contributed by atoms with Crippen molar-refractivity contribution in [1.29, 1.82) is 0 Å². The molecule has 0 aromatic heterocycles. The Balaban J connectivity index is 1.90. The van der Waals surface area contributed by atoms with Crippen LogP contribution in [-0.2, 0) is 9.59 Å². The molecule has 2 fully saturated rings. The molecule has 0 spiro atoms. The molecule has 1 saturated heterocycles. The summed E-state index contributed by atoms with van der Waals surface area (Å²) < 4.78 is 0. The van der Waals surface area contributed by atoms with Gasteiger partial charge in [0.05, 0.1) is 0 Å². The lowest BCUT2D eigenvalue weighted by atomic mass is 9.87. The minimum atomic E-state index is -0.327. The summed E-state index contributed by atoms with van der Waals surface area (Å²) in [5.74, 6) is 0.100. The van der Waals surface area contributed by atoms with E-state index in [1.807, 2.05) is 0 Å².